The Kier molecular flexibility index (Phi) is 3.15. The first-order valence-electron chi connectivity index (χ1n) is 6.14. The van der Waals surface area contributed by atoms with Crippen LogP contribution in [0.25, 0.3) is 10.9 Å². The zero-order valence-corrected chi connectivity index (χ0v) is 10.3. The molecule has 2 N–H and O–H groups in total. The van der Waals surface area contributed by atoms with E-state index in [2.05, 4.69) is 4.98 Å². The summed E-state index contributed by atoms with van der Waals surface area (Å²) in [6, 6.07) is 9.13. The minimum atomic E-state index is -0.462. The van der Waals surface area contributed by atoms with Crippen molar-refractivity contribution in [1.29, 1.82) is 0 Å². The normalized spacial score (nSPS) is 19.5. The Morgan fingerprint density at radius 1 is 1.32 bits per heavy atom. The van der Waals surface area contributed by atoms with Gasteiger partial charge in [0, 0.05) is 5.39 Å². The lowest BCUT2D eigenvalue weighted by atomic mass is 10.1. The largest absolute Gasteiger partial charge is 0.376 e. The molecule has 1 saturated heterocycles. The lowest BCUT2D eigenvalue weighted by molar-refractivity contribution is -0.0916. The van der Waals surface area contributed by atoms with Gasteiger partial charge in [-0.05, 0) is 12.1 Å². The Morgan fingerprint density at radius 2 is 2.16 bits per heavy atom. The van der Waals surface area contributed by atoms with E-state index < -0.39 is 5.91 Å². The second-order valence-corrected chi connectivity index (χ2v) is 4.41. The molecule has 0 radical (unpaired) electrons. The molecule has 2 heterocycles. The number of nitrogens with two attached hydrogens (primary N) is 1. The summed E-state index contributed by atoms with van der Waals surface area (Å²) < 4.78 is 11.0. The predicted octanol–water partition coefficient (Wildman–Crippen LogP) is 1.42. The van der Waals surface area contributed by atoms with Crippen LogP contribution in [0, 0.1) is 0 Å². The molecule has 98 valence electrons. The van der Waals surface area contributed by atoms with E-state index in [1.165, 1.54) is 0 Å². The molecule has 1 aliphatic heterocycles. The Balaban J connectivity index is 2.12. The summed E-state index contributed by atoms with van der Waals surface area (Å²) in [7, 11) is 0. The van der Waals surface area contributed by atoms with Crippen LogP contribution in [0.2, 0.25) is 0 Å². The molecule has 1 fully saturated rings. The Labute approximate surface area is 110 Å². The molecule has 0 bridgehead atoms. The predicted molar refractivity (Wildman–Crippen MR) is 69.8 cm³/mol. The number of aromatic nitrogens is 1. The number of benzene rings is 1. The van der Waals surface area contributed by atoms with E-state index >= 15 is 0 Å². The summed E-state index contributed by atoms with van der Waals surface area (Å²) in [6.45, 7) is 1.57. The number of fused-ring (bicyclic) bond motifs is 1. The van der Waals surface area contributed by atoms with E-state index in [1.54, 1.807) is 6.07 Å². The fraction of sp³-hybridized carbons (Fsp3) is 0.286. The maximum Gasteiger partial charge on any atom is 0.249 e. The van der Waals surface area contributed by atoms with Gasteiger partial charge >= 0.3 is 0 Å². The molecule has 1 atom stereocenters. The van der Waals surface area contributed by atoms with Crippen LogP contribution in [-0.4, -0.2) is 30.7 Å². The van der Waals surface area contributed by atoms with Crippen LogP contribution in [0.15, 0.2) is 30.3 Å². The first-order chi connectivity index (χ1) is 9.25. The van der Waals surface area contributed by atoms with Gasteiger partial charge < -0.3 is 15.2 Å². The second-order valence-electron chi connectivity index (χ2n) is 4.41. The van der Waals surface area contributed by atoms with Crippen LogP contribution in [-0.2, 0) is 9.47 Å². The Hall–Kier alpha value is -1.98. The van der Waals surface area contributed by atoms with Gasteiger partial charge in [-0.3, -0.25) is 4.79 Å². The smallest absolute Gasteiger partial charge is 0.249 e. The van der Waals surface area contributed by atoms with E-state index in [9.17, 15) is 4.79 Å². The molecule has 0 saturated carbocycles. The highest BCUT2D eigenvalue weighted by molar-refractivity contribution is 6.05. The fourth-order valence-corrected chi connectivity index (χ4v) is 2.22. The molecule has 1 aromatic heterocycles. The molecule has 0 spiro atoms. The standard InChI is InChI=1S/C14H14N2O3/c15-14(17)10-7-12(13-8-18-5-6-19-13)16-11-4-2-1-3-9(10)11/h1-4,7,13H,5-6,8H2,(H2,15,17)/t13-/m1/s1. The summed E-state index contributed by atoms with van der Waals surface area (Å²) in [5.74, 6) is -0.462. The average Bonchev–Trinajstić information content (AvgIpc) is 2.47. The highest BCUT2D eigenvalue weighted by Crippen LogP contribution is 2.24. The van der Waals surface area contributed by atoms with Gasteiger partial charge in [0.1, 0.15) is 6.10 Å². The SMILES string of the molecule is NC(=O)c1cc([C@H]2COCCO2)nc2ccccc12. The maximum absolute atomic E-state index is 11.6. The van der Waals surface area contributed by atoms with Gasteiger partial charge in [-0.15, -0.1) is 0 Å². The molecule has 5 heteroatoms. The third-order valence-electron chi connectivity index (χ3n) is 3.15. The van der Waals surface area contributed by atoms with Gasteiger partial charge in [-0.1, -0.05) is 18.2 Å². The number of hydrogen-bond donors (Lipinski definition) is 1. The average molecular weight is 258 g/mol. The van der Waals surface area contributed by atoms with Crippen molar-refractivity contribution in [3.8, 4) is 0 Å². The van der Waals surface area contributed by atoms with Crippen LogP contribution in [0.1, 0.15) is 22.2 Å². The molecule has 1 amide bonds. The van der Waals surface area contributed by atoms with E-state index in [1.807, 2.05) is 24.3 Å². The summed E-state index contributed by atoms with van der Waals surface area (Å²) in [5, 5.41) is 0.760. The number of ether oxygens (including phenoxy) is 2. The van der Waals surface area contributed by atoms with Crippen LogP contribution >= 0.6 is 0 Å². The zero-order valence-electron chi connectivity index (χ0n) is 10.3. The highest BCUT2D eigenvalue weighted by atomic mass is 16.6. The number of pyridine rings is 1. The number of nitrogens with zero attached hydrogens (tertiary/aromatic N) is 1. The monoisotopic (exact) mass is 258 g/mol. The molecule has 0 aliphatic carbocycles. The minimum absolute atomic E-state index is 0.239. The number of rotatable bonds is 2. The van der Waals surface area contributed by atoms with E-state index in [0.717, 1.165) is 10.9 Å². The number of carbonyl (C=O) groups excluding carboxylic acids is 1. The lowest BCUT2D eigenvalue weighted by Crippen LogP contribution is -2.23. The van der Waals surface area contributed by atoms with Gasteiger partial charge in [0.25, 0.3) is 0 Å². The van der Waals surface area contributed by atoms with Gasteiger partial charge in [-0.2, -0.15) is 0 Å². The van der Waals surface area contributed by atoms with Crippen LogP contribution in [0.4, 0.5) is 0 Å². The van der Waals surface area contributed by atoms with Gasteiger partial charge in [-0.25, -0.2) is 4.98 Å². The van der Waals surface area contributed by atoms with Crippen molar-refractivity contribution >= 4 is 16.8 Å². The van der Waals surface area contributed by atoms with Crippen molar-refractivity contribution < 1.29 is 14.3 Å². The molecule has 1 aromatic carbocycles. The zero-order chi connectivity index (χ0) is 13.2. The summed E-state index contributed by atoms with van der Waals surface area (Å²) >= 11 is 0. The van der Waals surface area contributed by atoms with Crippen LogP contribution in [0.5, 0.6) is 0 Å². The minimum Gasteiger partial charge on any atom is -0.376 e. The van der Waals surface area contributed by atoms with Gasteiger partial charge in [0.05, 0.1) is 36.6 Å². The summed E-state index contributed by atoms with van der Waals surface area (Å²) in [6.07, 6.45) is -0.239. The molecule has 2 aromatic rings. The number of primary amides is 1. The lowest BCUT2D eigenvalue weighted by Gasteiger charge is -2.23. The number of hydrogen-bond acceptors (Lipinski definition) is 4. The fourth-order valence-electron chi connectivity index (χ4n) is 2.22. The van der Waals surface area contributed by atoms with Crippen molar-refractivity contribution in [2.24, 2.45) is 5.73 Å². The van der Waals surface area contributed by atoms with Crippen molar-refractivity contribution in [3.63, 3.8) is 0 Å². The molecule has 19 heavy (non-hydrogen) atoms. The summed E-state index contributed by atoms with van der Waals surface area (Å²) in [5.41, 5.74) is 7.33. The first kappa shape index (κ1) is 12.1. The van der Waals surface area contributed by atoms with Crippen LogP contribution in [0.3, 0.4) is 0 Å². The highest BCUT2D eigenvalue weighted by Gasteiger charge is 2.20. The van der Waals surface area contributed by atoms with E-state index in [4.69, 9.17) is 15.2 Å². The third kappa shape index (κ3) is 2.30. The molecule has 0 unspecified atom stereocenters. The number of amides is 1. The summed E-state index contributed by atoms with van der Waals surface area (Å²) in [4.78, 5) is 16.1. The molecular formula is C14H14N2O3. The maximum atomic E-state index is 11.6. The van der Waals surface area contributed by atoms with Crippen molar-refractivity contribution in [2.45, 2.75) is 6.10 Å². The van der Waals surface area contributed by atoms with Crippen molar-refractivity contribution in [1.82, 2.24) is 4.98 Å². The van der Waals surface area contributed by atoms with Crippen LogP contribution < -0.4 is 5.73 Å². The third-order valence-corrected chi connectivity index (χ3v) is 3.15. The Morgan fingerprint density at radius 3 is 2.89 bits per heavy atom. The van der Waals surface area contributed by atoms with Gasteiger partial charge in [0.2, 0.25) is 5.91 Å². The van der Waals surface area contributed by atoms with E-state index in [0.29, 0.717) is 31.1 Å². The molecule has 3 rings (SSSR count). The topological polar surface area (TPSA) is 74.4 Å². The second kappa shape index (κ2) is 4.95. The molecular weight excluding hydrogens is 244 g/mol. The quantitative estimate of drug-likeness (QED) is 0.884. The van der Waals surface area contributed by atoms with E-state index in [-0.39, 0.29) is 6.10 Å². The Bertz CT molecular complexity index is 621. The molecule has 1 aliphatic rings. The van der Waals surface area contributed by atoms with Crippen molar-refractivity contribution in [3.05, 3.63) is 41.6 Å². The first-order valence-corrected chi connectivity index (χ1v) is 6.14. The van der Waals surface area contributed by atoms with Crippen molar-refractivity contribution in [2.75, 3.05) is 19.8 Å². The number of carbonyl (C=O) groups is 1. The molecule has 5 nitrogen and oxygen atoms in total. The van der Waals surface area contributed by atoms with Gasteiger partial charge in [0.15, 0.2) is 0 Å². The number of para-hydroxylation sites is 1.